The minimum absolute atomic E-state index is 0.286. The van der Waals surface area contributed by atoms with Crippen molar-refractivity contribution in [2.45, 2.75) is 39.0 Å². The number of halogens is 1. The summed E-state index contributed by atoms with van der Waals surface area (Å²) >= 11 is 0. The molecule has 1 aromatic carbocycles. The Labute approximate surface area is 199 Å². The first kappa shape index (κ1) is 22.8. The molecule has 178 valence electrons. The lowest BCUT2D eigenvalue weighted by atomic mass is 9.92. The maximum absolute atomic E-state index is 15.2. The first-order valence-corrected chi connectivity index (χ1v) is 12.1. The highest BCUT2D eigenvalue weighted by Gasteiger charge is 2.23. The SMILES string of the molecule is Cc1cn2nc(-c3cc(F)c4cc(C5CCN(CCCN(C)C)CC5)nnc4c3)cc(C)c2n1. The van der Waals surface area contributed by atoms with E-state index in [2.05, 4.69) is 44.2 Å². The summed E-state index contributed by atoms with van der Waals surface area (Å²) in [6, 6.07) is 7.27. The van der Waals surface area contributed by atoms with E-state index in [0.717, 1.165) is 61.6 Å². The fraction of sp³-hybridized carbons (Fsp3) is 0.462. The summed E-state index contributed by atoms with van der Waals surface area (Å²) in [4.78, 5) is 9.24. The van der Waals surface area contributed by atoms with Crippen LogP contribution in [-0.4, -0.2) is 74.9 Å². The molecule has 8 heteroatoms. The molecule has 1 saturated heterocycles. The maximum Gasteiger partial charge on any atom is 0.156 e. The van der Waals surface area contributed by atoms with Gasteiger partial charge in [-0.15, -0.1) is 0 Å². The number of likely N-dealkylation sites (tertiary alicyclic amines) is 1. The zero-order chi connectivity index (χ0) is 23.8. The summed E-state index contributed by atoms with van der Waals surface area (Å²) in [6.45, 7) is 8.28. The molecule has 5 rings (SSSR count). The summed E-state index contributed by atoms with van der Waals surface area (Å²) in [7, 11) is 4.23. The van der Waals surface area contributed by atoms with Crippen molar-refractivity contribution in [2.75, 3.05) is 40.3 Å². The summed E-state index contributed by atoms with van der Waals surface area (Å²) in [5.74, 6) is 0.0448. The largest absolute Gasteiger partial charge is 0.309 e. The Morgan fingerprint density at radius 1 is 1.06 bits per heavy atom. The fourth-order valence-corrected chi connectivity index (χ4v) is 4.91. The van der Waals surface area contributed by atoms with Crippen molar-refractivity contribution in [3.63, 3.8) is 0 Å². The van der Waals surface area contributed by atoms with Crippen LogP contribution in [0.2, 0.25) is 0 Å². The predicted octanol–water partition coefficient (Wildman–Crippen LogP) is 4.23. The molecular formula is C26H32FN7. The molecule has 0 saturated carbocycles. The van der Waals surface area contributed by atoms with Crippen molar-refractivity contribution >= 4 is 16.6 Å². The topological polar surface area (TPSA) is 62.5 Å². The van der Waals surface area contributed by atoms with Crippen molar-refractivity contribution in [3.05, 3.63) is 53.2 Å². The van der Waals surface area contributed by atoms with Gasteiger partial charge in [0.25, 0.3) is 0 Å². The van der Waals surface area contributed by atoms with E-state index in [1.807, 2.05) is 38.2 Å². The fourth-order valence-electron chi connectivity index (χ4n) is 4.91. The molecule has 0 atom stereocenters. The van der Waals surface area contributed by atoms with Crippen molar-refractivity contribution < 1.29 is 4.39 Å². The van der Waals surface area contributed by atoms with E-state index >= 15 is 4.39 Å². The van der Waals surface area contributed by atoms with Gasteiger partial charge in [0.15, 0.2) is 5.65 Å². The van der Waals surface area contributed by atoms with Crippen LogP contribution in [0.15, 0.2) is 30.5 Å². The zero-order valence-corrected chi connectivity index (χ0v) is 20.4. The second kappa shape index (κ2) is 9.35. The van der Waals surface area contributed by atoms with Gasteiger partial charge in [0.05, 0.1) is 28.8 Å². The number of imidazole rings is 1. The molecule has 0 radical (unpaired) electrons. The number of hydrogen-bond acceptors (Lipinski definition) is 6. The third kappa shape index (κ3) is 4.65. The lowest BCUT2D eigenvalue weighted by molar-refractivity contribution is 0.201. The molecular weight excluding hydrogens is 429 g/mol. The van der Waals surface area contributed by atoms with Crippen molar-refractivity contribution in [1.82, 2.24) is 34.6 Å². The minimum Gasteiger partial charge on any atom is -0.309 e. The standard InChI is InChI=1S/C26H32FN7/c1-17-12-24(31-34-16-18(2)28-26(17)34)20-13-22(27)21-15-23(29-30-25(21)14-20)19-6-10-33(11-7-19)9-5-8-32(3)4/h12-16,19H,5-11H2,1-4H3. The zero-order valence-electron chi connectivity index (χ0n) is 20.4. The van der Waals surface area contributed by atoms with Crippen molar-refractivity contribution in [3.8, 4) is 11.3 Å². The van der Waals surface area contributed by atoms with Crippen LogP contribution in [0.25, 0.3) is 27.8 Å². The molecule has 1 aliphatic rings. The van der Waals surface area contributed by atoms with Gasteiger partial charge < -0.3 is 9.80 Å². The van der Waals surface area contributed by atoms with Crippen LogP contribution >= 0.6 is 0 Å². The average molecular weight is 462 g/mol. The Bertz CT molecular complexity index is 1320. The molecule has 4 aromatic rings. The quantitative estimate of drug-likeness (QED) is 0.428. The summed E-state index contributed by atoms with van der Waals surface area (Å²) < 4.78 is 17.0. The maximum atomic E-state index is 15.2. The highest BCUT2D eigenvalue weighted by atomic mass is 19.1. The summed E-state index contributed by atoms with van der Waals surface area (Å²) in [5, 5.41) is 14.1. The summed E-state index contributed by atoms with van der Waals surface area (Å²) in [6.07, 6.45) is 5.14. The molecule has 0 bridgehead atoms. The number of aryl methyl sites for hydroxylation is 2. The van der Waals surface area contributed by atoms with E-state index in [9.17, 15) is 0 Å². The van der Waals surface area contributed by atoms with Crippen LogP contribution in [0.4, 0.5) is 4.39 Å². The Balaban J connectivity index is 1.35. The van der Waals surface area contributed by atoms with Crippen LogP contribution in [0, 0.1) is 19.7 Å². The molecule has 4 heterocycles. The molecule has 3 aromatic heterocycles. The molecule has 1 fully saturated rings. The van der Waals surface area contributed by atoms with Gasteiger partial charge in [0.2, 0.25) is 0 Å². The van der Waals surface area contributed by atoms with Crippen molar-refractivity contribution in [2.24, 2.45) is 0 Å². The number of aromatic nitrogens is 5. The number of nitrogens with zero attached hydrogens (tertiary/aromatic N) is 7. The van der Waals surface area contributed by atoms with Gasteiger partial charge in [-0.25, -0.2) is 13.9 Å². The summed E-state index contributed by atoms with van der Waals surface area (Å²) in [5.41, 5.74) is 5.54. The van der Waals surface area contributed by atoms with Crippen molar-refractivity contribution in [1.29, 1.82) is 0 Å². The smallest absolute Gasteiger partial charge is 0.156 e. The molecule has 0 aliphatic carbocycles. The molecule has 0 spiro atoms. The van der Waals surface area contributed by atoms with Gasteiger partial charge in [-0.1, -0.05) is 0 Å². The van der Waals surface area contributed by atoms with E-state index in [1.54, 1.807) is 10.6 Å². The third-order valence-corrected chi connectivity index (χ3v) is 6.78. The number of benzene rings is 1. The average Bonchev–Trinajstić information content (AvgIpc) is 3.20. The Morgan fingerprint density at radius 2 is 1.85 bits per heavy atom. The van der Waals surface area contributed by atoms with E-state index in [0.29, 0.717) is 28.1 Å². The molecule has 0 N–H and O–H groups in total. The first-order chi connectivity index (χ1) is 16.4. The molecule has 0 unspecified atom stereocenters. The van der Waals surface area contributed by atoms with Crippen LogP contribution in [-0.2, 0) is 0 Å². The number of fused-ring (bicyclic) bond motifs is 2. The van der Waals surface area contributed by atoms with Crippen LogP contribution < -0.4 is 0 Å². The van der Waals surface area contributed by atoms with E-state index in [4.69, 9.17) is 0 Å². The molecule has 7 nitrogen and oxygen atoms in total. The van der Waals surface area contributed by atoms with Gasteiger partial charge >= 0.3 is 0 Å². The van der Waals surface area contributed by atoms with E-state index in [-0.39, 0.29) is 5.82 Å². The Hall–Kier alpha value is -2.97. The number of hydrogen-bond donors (Lipinski definition) is 0. The van der Waals surface area contributed by atoms with Gasteiger partial charge in [0, 0.05) is 16.9 Å². The second-order valence-corrected chi connectivity index (χ2v) is 9.80. The van der Waals surface area contributed by atoms with Gasteiger partial charge in [-0.05, 0) is 103 Å². The Kier molecular flexibility index (Phi) is 6.27. The normalized spacial score (nSPS) is 15.7. The lowest BCUT2D eigenvalue weighted by Gasteiger charge is -2.31. The molecule has 1 aliphatic heterocycles. The minimum atomic E-state index is -0.286. The second-order valence-electron chi connectivity index (χ2n) is 9.80. The van der Waals surface area contributed by atoms with Crippen LogP contribution in [0.1, 0.15) is 42.1 Å². The lowest BCUT2D eigenvalue weighted by Crippen LogP contribution is -2.35. The molecule has 0 amide bonds. The van der Waals surface area contributed by atoms with Gasteiger partial charge in [-0.2, -0.15) is 15.3 Å². The van der Waals surface area contributed by atoms with Gasteiger partial charge in [-0.3, -0.25) is 0 Å². The third-order valence-electron chi connectivity index (χ3n) is 6.78. The monoisotopic (exact) mass is 461 g/mol. The number of piperidine rings is 1. The molecule has 34 heavy (non-hydrogen) atoms. The van der Waals surface area contributed by atoms with Gasteiger partial charge in [0.1, 0.15) is 5.82 Å². The highest BCUT2D eigenvalue weighted by molar-refractivity contribution is 5.84. The highest BCUT2D eigenvalue weighted by Crippen LogP contribution is 2.31. The van der Waals surface area contributed by atoms with E-state index in [1.165, 1.54) is 6.42 Å². The number of rotatable bonds is 6. The van der Waals surface area contributed by atoms with E-state index < -0.39 is 0 Å². The Morgan fingerprint density at radius 3 is 2.62 bits per heavy atom. The predicted molar refractivity (Wildman–Crippen MR) is 133 cm³/mol. The first-order valence-electron chi connectivity index (χ1n) is 12.1. The van der Waals surface area contributed by atoms with Crippen LogP contribution in [0.3, 0.4) is 0 Å². The van der Waals surface area contributed by atoms with Crippen LogP contribution in [0.5, 0.6) is 0 Å².